The molecule has 0 aliphatic carbocycles. The van der Waals surface area contributed by atoms with Crippen molar-refractivity contribution in [3.8, 4) is 0 Å². The number of hydrogen-bond acceptors (Lipinski definition) is 4. The van der Waals surface area contributed by atoms with Crippen molar-refractivity contribution in [3.05, 3.63) is 39.0 Å². The van der Waals surface area contributed by atoms with Crippen LogP contribution in [0.15, 0.2) is 32.7 Å². The van der Waals surface area contributed by atoms with Gasteiger partial charge in [0.25, 0.3) is 5.56 Å². The number of aromatic nitrogens is 2. The third-order valence-electron chi connectivity index (χ3n) is 4.60. The van der Waals surface area contributed by atoms with E-state index in [1.165, 1.54) is 34.1 Å². The summed E-state index contributed by atoms with van der Waals surface area (Å²) in [4.78, 5) is 24.6. The number of nitrogens with zero attached hydrogens (tertiary/aromatic N) is 3. The van der Waals surface area contributed by atoms with E-state index in [-0.39, 0.29) is 10.3 Å². The predicted octanol–water partition coefficient (Wildman–Crippen LogP) is 1.83. The summed E-state index contributed by atoms with van der Waals surface area (Å²) in [7, 11) is -0.740. The molecule has 0 N–H and O–H groups in total. The second-order valence-corrected chi connectivity index (χ2v) is 8.43. The third-order valence-corrected chi connectivity index (χ3v) is 6.49. The highest BCUT2D eigenvalue weighted by Gasteiger charge is 2.24. The monoisotopic (exact) mass is 381 g/mol. The number of hydrogen-bond donors (Lipinski definition) is 0. The number of unbranched alkanes of at least 4 members (excludes halogenated alkanes) is 2. The zero-order chi connectivity index (χ0) is 19.5. The van der Waals surface area contributed by atoms with E-state index in [9.17, 15) is 18.0 Å². The molecule has 1 aromatic carbocycles. The van der Waals surface area contributed by atoms with E-state index < -0.39 is 21.3 Å². The first-order valence-electron chi connectivity index (χ1n) is 8.95. The highest BCUT2D eigenvalue weighted by molar-refractivity contribution is 7.89. The average Bonchev–Trinajstić information content (AvgIpc) is 2.64. The molecule has 0 amide bonds. The van der Waals surface area contributed by atoms with Crippen LogP contribution < -0.4 is 11.2 Å². The topological polar surface area (TPSA) is 81.4 Å². The van der Waals surface area contributed by atoms with E-state index in [1.54, 1.807) is 7.05 Å². The summed E-state index contributed by atoms with van der Waals surface area (Å²) in [6, 6.07) is 4.39. The molecule has 144 valence electrons. The summed E-state index contributed by atoms with van der Waals surface area (Å²) in [5, 5.41) is 0.224. The van der Waals surface area contributed by atoms with Gasteiger partial charge in [-0.25, -0.2) is 13.2 Å². The Balaban J connectivity index is 2.60. The summed E-state index contributed by atoms with van der Waals surface area (Å²) in [6.07, 6.45) is 3.37. The zero-order valence-corrected chi connectivity index (χ0v) is 16.7. The van der Waals surface area contributed by atoms with Crippen LogP contribution in [0.4, 0.5) is 0 Å². The second-order valence-electron chi connectivity index (χ2n) is 6.50. The lowest BCUT2D eigenvalue weighted by Gasteiger charge is -2.22. The first-order chi connectivity index (χ1) is 12.3. The highest BCUT2D eigenvalue weighted by Crippen LogP contribution is 2.20. The Labute approximate surface area is 153 Å². The lowest BCUT2D eigenvalue weighted by atomic mass is 10.2. The Morgan fingerprint density at radius 2 is 1.54 bits per heavy atom. The fraction of sp³-hybridized carbons (Fsp3) is 0.556. The fourth-order valence-corrected chi connectivity index (χ4v) is 4.45. The van der Waals surface area contributed by atoms with Gasteiger partial charge in [0, 0.05) is 27.2 Å². The predicted molar refractivity (Wildman–Crippen MR) is 103 cm³/mol. The second kappa shape index (κ2) is 8.18. The van der Waals surface area contributed by atoms with Gasteiger partial charge in [-0.1, -0.05) is 26.7 Å². The van der Waals surface area contributed by atoms with E-state index in [1.807, 2.05) is 13.8 Å². The third kappa shape index (κ3) is 3.76. The van der Waals surface area contributed by atoms with Crippen molar-refractivity contribution in [1.82, 2.24) is 13.4 Å². The number of sulfonamides is 1. The molecule has 0 spiro atoms. The maximum absolute atomic E-state index is 13.1. The van der Waals surface area contributed by atoms with Crippen LogP contribution in [0.1, 0.15) is 39.5 Å². The minimum Gasteiger partial charge on any atom is -0.296 e. The Bertz CT molecular complexity index is 997. The van der Waals surface area contributed by atoms with Crippen LogP contribution in [-0.4, -0.2) is 34.9 Å². The van der Waals surface area contributed by atoms with Gasteiger partial charge in [-0.05, 0) is 31.0 Å². The average molecular weight is 381 g/mol. The molecule has 1 heterocycles. The molecule has 0 fully saturated rings. The molecule has 26 heavy (non-hydrogen) atoms. The summed E-state index contributed by atoms with van der Waals surface area (Å²) >= 11 is 0. The van der Waals surface area contributed by atoms with Crippen LogP contribution in [0.3, 0.4) is 0 Å². The van der Waals surface area contributed by atoms with E-state index >= 15 is 0 Å². The molecular formula is C18H27N3O4S. The van der Waals surface area contributed by atoms with Crippen molar-refractivity contribution in [2.24, 2.45) is 14.1 Å². The summed E-state index contributed by atoms with van der Waals surface area (Å²) in [5.41, 5.74) is -0.509. The quantitative estimate of drug-likeness (QED) is 0.699. The Hall–Kier alpha value is -1.93. The highest BCUT2D eigenvalue weighted by atomic mass is 32.2. The minimum atomic E-state index is -3.69. The van der Waals surface area contributed by atoms with E-state index in [0.717, 1.165) is 30.3 Å². The molecule has 0 saturated heterocycles. The van der Waals surface area contributed by atoms with Crippen molar-refractivity contribution >= 4 is 20.9 Å². The number of fused-ring (bicyclic) bond motifs is 1. The normalized spacial score (nSPS) is 12.2. The maximum atomic E-state index is 13.1. The standard InChI is InChI=1S/C18H27N3O4S/c1-5-7-11-21(12-8-6-2)26(24,25)14-9-10-16-15(13-14)17(22)20(4)18(23)19(16)3/h9-10,13H,5-8,11-12H2,1-4H3. The van der Waals surface area contributed by atoms with Crippen LogP contribution in [0.5, 0.6) is 0 Å². The molecule has 0 aliphatic heterocycles. The molecule has 1 aromatic heterocycles. The fourth-order valence-electron chi connectivity index (χ4n) is 2.91. The van der Waals surface area contributed by atoms with E-state index in [2.05, 4.69) is 0 Å². The van der Waals surface area contributed by atoms with Gasteiger partial charge in [0.15, 0.2) is 0 Å². The van der Waals surface area contributed by atoms with Crippen molar-refractivity contribution in [2.75, 3.05) is 13.1 Å². The molecule has 0 saturated carbocycles. The molecule has 7 nitrogen and oxygen atoms in total. The van der Waals surface area contributed by atoms with Gasteiger partial charge in [0.05, 0.1) is 15.8 Å². The Morgan fingerprint density at radius 3 is 2.08 bits per heavy atom. The van der Waals surface area contributed by atoms with Crippen LogP contribution in [0.2, 0.25) is 0 Å². The maximum Gasteiger partial charge on any atom is 0.330 e. The molecule has 2 rings (SSSR count). The van der Waals surface area contributed by atoms with Crippen LogP contribution in [0.25, 0.3) is 10.9 Å². The van der Waals surface area contributed by atoms with Crippen LogP contribution >= 0.6 is 0 Å². The smallest absolute Gasteiger partial charge is 0.296 e. The van der Waals surface area contributed by atoms with Crippen LogP contribution in [-0.2, 0) is 24.1 Å². The zero-order valence-electron chi connectivity index (χ0n) is 15.9. The Morgan fingerprint density at radius 1 is 0.962 bits per heavy atom. The molecule has 2 aromatic rings. The van der Waals surface area contributed by atoms with E-state index in [0.29, 0.717) is 18.6 Å². The lowest BCUT2D eigenvalue weighted by Crippen LogP contribution is -2.37. The van der Waals surface area contributed by atoms with Gasteiger partial charge in [-0.3, -0.25) is 13.9 Å². The largest absolute Gasteiger partial charge is 0.330 e. The Kier molecular flexibility index (Phi) is 6.41. The van der Waals surface area contributed by atoms with Gasteiger partial charge < -0.3 is 0 Å². The van der Waals surface area contributed by atoms with Crippen molar-refractivity contribution in [1.29, 1.82) is 0 Å². The van der Waals surface area contributed by atoms with Crippen molar-refractivity contribution in [3.63, 3.8) is 0 Å². The number of aryl methyl sites for hydroxylation is 1. The minimum absolute atomic E-state index is 0.0907. The first kappa shape index (κ1) is 20.4. The SMILES string of the molecule is CCCCN(CCCC)S(=O)(=O)c1ccc2c(c1)c(=O)n(C)c(=O)n2C. The number of rotatable bonds is 8. The molecule has 0 unspecified atom stereocenters. The van der Waals surface area contributed by atoms with Crippen LogP contribution in [0, 0.1) is 0 Å². The van der Waals surface area contributed by atoms with Gasteiger partial charge in [-0.15, -0.1) is 0 Å². The van der Waals surface area contributed by atoms with Gasteiger partial charge in [0.1, 0.15) is 0 Å². The number of benzene rings is 1. The summed E-state index contributed by atoms with van der Waals surface area (Å²) < 4.78 is 30.0. The van der Waals surface area contributed by atoms with Crippen molar-refractivity contribution < 1.29 is 8.42 Å². The molecular weight excluding hydrogens is 354 g/mol. The van der Waals surface area contributed by atoms with Gasteiger partial charge in [0.2, 0.25) is 10.0 Å². The molecule has 0 atom stereocenters. The molecule has 0 radical (unpaired) electrons. The summed E-state index contributed by atoms with van der Waals surface area (Å²) in [5.74, 6) is 0. The van der Waals surface area contributed by atoms with E-state index in [4.69, 9.17) is 0 Å². The van der Waals surface area contributed by atoms with Gasteiger partial charge in [-0.2, -0.15) is 4.31 Å². The lowest BCUT2D eigenvalue weighted by molar-refractivity contribution is 0.395. The molecule has 8 heteroatoms. The molecule has 0 aliphatic rings. The van der Waals surface area contributed by atoms with Gasteiger partial charge >= 0.3 is 5.69 Å². The molecule has 0 bridgehead atoms. The first-order valence-corrected chi connectivity index (χ1v) is 10.4. The summed E-state index contributed by atoms with van der Waals surface area (Å²) in [6.45, 7) is 4.96. The van der Waals surface area contributed by atoms with Crippen molar-refractivity contribution in [2.45, 2.75) is 44.4 Å².